The summed E-state index contributed by atoms with van der Waals surface area (Å²) in [5.74, 6) is 1.80. The minimum Gasteiger partial charge on any atom is -0.372 e. The number of para-hydroxylation sites is 1. The molecule has 31 heavy (non-hydrogen) atoms. The van der Waals surface area contributed by atoms with E-state index >= 15 is 0 Å². The Bertz CT molecular complexity index is 1000. The summed E-state index contributed by atoms with van der Waals surface area (Å²) in [6, 6.07) is 12.6. The Hall–Kier alpha value is -3.06. The van der Waals surface area contributed by atoms with Gasteiger partial charge in [-0.25, -0.2) is 4.98 Å². The zero-order valence-corrected chi connectivity index (χ0v) is 18.6. The van der Waals surface area contributed by atoms with Gasteiger partial charge in [-0.15, -0.1) is 0 Å². The van der Waals surface area contributed by atoms with E-state index in [1.807, 2.05) is 6.20 Å². The van der Waals surface area contributed by atoms with Crippen LogP contribution in [0.1, 0.15) is 25.0 Å². The number of rotatable bonds is 6. The van der Waals surface area contributed by atoms with Gasteiger partial charge in [0.05, 0.1) is 12.2 Å². The molecule has 164 valence electrons. The first-order valence-electron chi connectivity index (χ1n) is 11.0. The quantitative estimate of drug-likeness (QED) is 0.422. The van der Waals surface area contributed by atoms with Crippen molar-refractivity contribution in [1.29, 1.82) is 0 Å². The molecule has 0 bridgehead atoms. The van der Waals surface area contributed by atoms with E-state index in [0.29, 0.717) is 6.54 Å². The van der Waals surface area contributed by atoms with Crippen LogP contribution in [0.3, 0.4) is 0 Å². The lowest BCUT2D eigenvalue weighted by atomic mass is 10.1. The lowest BCUT2D eigenvalue weighted by Crippen LogP contribution is -2.45. The standard InChI is InChI=1S/C24H32N6O/c1-17-15-30(16-18(2)31-17)23-9-8-19(12-28-23)13-29-24(25-3)26-11-10-20-14-27-22-7-5-4-6-21(20)22/h4-9,12,14,17-18,27H,10-11,13,15-16H2,1-3H3,(H2,25,26,29). The van der Waals surface area contributed by atoms with Crippen molar-refractivity contribution in [2.75, 3.05) is 31.6 Å². The van der Waals surface area contributed by atoms with Gasteiger partial charge in [0.15, 0.2) is 5.96 Å². The lowest BCUT2D eigenvalue weighted by molar-refractivity contribution is -0.00545. The SMILES string of the molecule is CN=C(NCCc1c[nH]c2ccccc12)NCc1ccc(N2CC(C)OC(C)C2)nc1. The normalized spacial score (nSPS) is 19.6. The number of aliphatic imine (C=N–C) groups is 1. The third-order valence-corrected chi connectivity index (χ3v) is 5.60. The summed E-state index contributed by atoms with van der Waals surface area (Å²) in [4.78, 5) is 14.6. The fourth-order valence-corrected chi connectivity index (χ4v) is 4.13. The molecule has 7 heteroatoms. The van der Waals surface area contributed by atoms with E-state index in [-0.39, 0.29) is 12.2 Å². The Kier molecular flexibility index (Phi) is 6.72. The number of ether oxygens (including phenoxy) is 1. The van der Waals surface area contributed by atoms with Crippen molar-refractivity contribution in [3.05, 3.63) is 59.9 Å². The number of aromatic amines is 1. The molecule has 0 amide bonds. The van der Waals surface area contributed by atoms with Gasteiger partial charge >= 0.3 is 0 Å². The van der Waals surface area contributed by atoms with Crippen molar-refractivity contribution in [3.63, 3.8) is 0 Å². The minimum absolute atomic E-state index is 0.227. The van der Waals surface area contributed by atoms with Crippen LogP contribution in [-0.2, 0) is 17.7 Å². The Morgan fingerprint density at radius 2 is 1.97 bits per heavy atom. The molecule has 4 rings (SSSR count). The molecule has 0 radical (unpaired) electrons. The van der Waals surface area contributed by atoms with Gasteiger partial charge in [0.2, 0.25) is 0 Å². The number of aromatic nitrogens is 2. The maximum Gasteiger partial charge on any atom is 0.191 e. The summed E-state index contributed by atoms with van der Waals surface area (Å²) in [6.45, 7) is 7.46. The van der Waals surface area contributed by atoms with Crippen LogP contribution >= 0.6 is 0 Å². The Morgan fingerprint density at radius 3 is 2.71 bits per heavy atom. The van der Waals surface area contributed by atoms with Crippen LogP contribution in [0.15, 0.2) is 53.8 Å². The second-order valence-corrected chi connectivity index (χ2v) is 8.15. The fourth-order valence-electron chi connectivity index (χ4n) is 4.13. The number of anilines is 1. The van der Waals surface area contributed by atoms with Crippen molar-refractivity contribution in [2.45, 2.75) is 39.0 Å². The third kappa shape index (κ3) is 5.35. The van der Waals surface area contributed by atoms with Crippen molar-refractivity contribution in [2.24, 2.45) is 4.99 Å². The lowest BCUT2D eigenvalue weighted by Gasteiger charge is -2.36. The molecular weight excluding hydrogens is 388 g/mol. The van der Waals surface area contributed by atoms with Gasteiger partial charge in [-0.1, -0.05) is 24.3 Å². The topological polar surface area (TPSA) is 77.6 Å². The average Bonchev–Trinajstić information content (AvgIpc) is 3.19. The molecule has 0 spiro atoms. The molecule has 2 atom stereocenters. The van der Waals surface area contributed by atoms with Gasteiger partial charge in [0, 0.05) is 56.5 Å². The molecule has 0 saturated carbocycles. The van der Waals surface area contributed by atoms with Gasteiger partial charge in [-0.3, -0.25) is 4.99 Å². The van der Waals surface area contributed by atoms with Crippen molar-refractivity contribution < 1.29 is 4.74 Å². The van der Waals surface area contributed by atoms with Crippen LogP contribution in [0.4, 0.5) is 5.82 Å². The first kappa shape index (κ1) is 21.2. The Labute approximate surface area is 183 Å². The second kappa shape index (κ2) is 9.83. The molecule has 1 fully saturated rings. The molecule has 2 aromatic heterocycles. The molecule has 0 aliphatic carbocycles. The van der Waals surface area contributed by atoms with E-state index in [1.54, 1.807) is 7.05 Å². The van der Waals surface area contributed by atoms with Gasteiger partial charge in [-0.05, 0) is 43.5 Å². The van der Waals surface area contributed by atoms with E-state index in [2.05, 4.69) is 86.9 Å². The van der Waals surface area contributed by atoms with Crippen LogP contribution in [0.2, 0.25) is 0 Å². The molecule has 1 aromatic carbocycles. The van der Waals surface area contributed by atoms with E-state index in [9.17, 15) is 0 Å². The molecule has 3 heterocycles. The fraction of sp³-hybridized carbons (Fsp3) is 0.417. The first-order chi connectivity index (χ1) is 15.1. The number of hydrogen-bond donors (Lipinski definition) is 3. The zero-order valence-electron chi connectivity index (χ0n) is 18.6. The number of nitrogens with one attached hydrogen (secondary N) is 3. The predicted octanol–water partition coefficient (Wildman–Crippen LogP) is 3.08. The van der Waals surface area contributed by atoms with E-state index < -0.39 is 0 Å². The molecule has 3 N–H and O–H groups in total. The Balaban J connectivity index is 1.26. The van der Waals surface area contributed by atoms with Gasteiger partial charge in [0.25, 0.3) is 0 Å². The monoisotopic (exact) mass is 420 g/mol. The van der Waals surface area contributed by atoms with Crippen molar-refractivity contribution in [1.82, 2.24) is 20.6 Å². The van der Waals surface area contributed by atoms with E-state index in [1.165, 1.54) is 16.5 Å². The number of morpholine rings is 1. The first-order valence-corrected chi connectivity index (χ1v) is 11.0. The van der Waals surface area contributed by atoms with E-state index in [4.69, 9.17) is 4.74 Å². The molecule has 1 aliphatic heterocycles. The summed E-state index contributed by atoms with van der Waals surface area (Å²) in [5.41, 5.74) is 3.61. The highest BCUT2D eigenvalue weighted by molar-refractivity contribution is 5.83. The Morgan fingerprint density at radius 1 is 1.16 bits per heavy atom. The number of fused-ring (bicyclic) bond motifs is 1. The van der Waals surface area contributed by atoms with Gasteiger partial charge in [0.1, 0.15) is 5.82 Å². The number of hydrogen-bond acceptors (Lipinski definition) is 4. The molecule has 2 unspecified atom stereocenters. The smallest absolute Gasteiger partial charge is 0.191 e. The zero-order chi connectivity index (χ0) is 21.6. The summed E-state index contributed by atoms with van der Waals surface area (Å²) in [5, 5.41) is 8.05. The highest BCUT2D eigenvalue weighted by Crippen LogP contribution is 2.19. The van der Waals surface area contributed by atoms with Gasteiger partial charge in [-0.2, -0.15) is 0 Å². The summed E-state index contributed by atoms with van der Waals surface area (Å²) in [6.07, 6.45) is 5.41. The molecule has 1 aliphatic rings. The van der Waals surface area contributed by atoms with Crippen LogP contribution < -0.4 is 15.5 Å². The van der Waals surface area contributed by atoms with Gasteiger partial charge < -0.3 is 25.3 Å². The molecule has 1 saturated heterocycles. The van der Waals surface area contributed by atoms with Crippen molar-refractivity contribution >= 4 is 22.7 Å². The third-order valence-electron chi connectivity index (χ3n) is 5.60. The largest absolute Gasteiger partial charge is 0.372 e. The number of benzene rings is 1. The van der Waals surface area contributed by atoms with E-state index in [0.717, 1.165) is 43.4 Å². The summed E-state index contributed by atoms with van der Waals surface area (Å²) < 4.78 is 5.81. The number of guanidine groups is 1. The number of nitrogens with zero attached hydrogens (tertiary/aromatic N) is 3. The second-order valence-electron chi connectivity index (χ2n) is 8.15. The molecular formula is C24H32N6O. The highest BCUT2D eigenvalue weighted by atomic mass is 16.5. The van der Waals surface area contributed by atoms with Crippen LogP contribution in [0.5, 0.6) is 0 Å². The van der Waals surface area contributed by atoms with Crippen LogP contribution in [-0.4, -0.2) is 54.8 Å². The molecule has 3 aromatic rings. The number of H-pyrrole nitrogens is 1. The molecule has 7 nitrogen and oxygen atoms in total. The minimum atomic E-state index is 0.227. The average molecular weight is 421 g/mol. The predicted molar refractivity (Wildman–Crippen MR) is 127 cm³/mol. The summed E-state index contributed by atoms with van der Waals surface area (Å²) >= 11 is 0. The number of pyridine rings is 1. The van der Waals surface area contributed by atoms with Crippen LogP contribution in [0, 0.1) is 0 Å². The highest BCUT2D eigenvalue weighted by Gasteiger charge is 2.22. The maximum atomic E-state index is 5.81. The van der Waals surface area contributed by atoms with Crippen molar-refractivity contribution in [3.8, 4) is 0 Å². The van der Waals surface area contributed by atoms with Crippen LogP contribution in [0.25, 0.3) is 10.9 Å². The maximum absolute atomic E-state index is 5.81. The summed E-state index contributed by atoms with van der Waals surface area (Å²) in [7, 11) is 1.79.